The van der Waals surface area contributed by atoms with Gasteiger partial charge in [0.1, 0.15) is 11.2 Å². The second-order valence-corrected chi connectivity index (χ2v) is 9.72. The van der Waals surface area contributed by atoms with Crippen LogP contribution in [-0.4, -0.2) is 19.4 Å². The van der Waals surface area contributed by atoms with E-state index in [9.17, 15) is 0 Å². The van der Waals surface area contributed by atoms with E-state index >= 15 is 0 Å². The van der Waals surface area contributed by atoms with Crippen molar-refractivity contribution >= 4 is 38.4 Å². The van der Waals surface area contributed by atoms with Gasteiger partial charge in [0.15, 0.2) is 0 Å². The van der Waals surface area contributed by atoms with E-state index in [0.717, 1.165) is 35.0 Å². The van der Waals surface area contributed by atoms with Crippen LogP contribution < -0.4 is 0 Å². The highest BCUT2D eigenvalue weighted by molar-refractivity contribution is 6.17. The Hall–Kier alpha value is -4.57. The van der Waals surface area contributed by atoms with Gasteiger partial charge in [-0.15, -0.1) is 0 Å². The molecule has 2 aliphatic carbocycles. The predicted octanol–water partition coefficient (Wildman–Crippen LogP) is 6.73. The molecule has 0 saturated carbocycles. The summed E-state index contributed by atoms with van der Waals surface area (Å²) in [6, 6.07) is 22.5. The van der Waals surface area contributed by atoms with Crippen LogP contribution >= 0.6 is 0 Å². The zero-order valence-corrected chi connectivity index (χ0v) is 18.8. The van der Waals surface area contributed by atoms with E-state index in [1.165, 1.54) is 60.7 Å². The molecular weight excluding hydrogens is 428 g/mol. The summed E-state index contributed by atoms with van der Waals surface area (Å²) in [5, 5.41) is 3.71. The van der Waals surface area contributed by atoms with Crippen LogP contribution in [0.1, 0.15) is 22.3 Å². The molecule has 4 nitrogen and oxygen atoms in total. The van der Waals surface area contributed by atoms with E-state index < -0.39 is 0 Å². The Bertz CT molecular complexity index is 2070. The van der Waals surface area contributed by atoms with Gasteiger partial charge >= 0.3 is 0 Å². The third-order valence-corrected chi connectivity index (χ3v) is 8.00. The Labute approximate surface area is 200 Å². The number of hydrogen-bond donors (Lipinski definition) is 0. The maximum absolute atomic E-state index is 5.02. The van der Waals surface area contributed by atoms with Gasteiger partial charge in [-0.2, -0.15) is 0 Å². The van der Waals surface area contributed by atoms with E-state index in [4.69, 9.17) is 4.98 Å². The lowest BCUT2D eigenvalue weighted by Crippen LogP contribution is -1.95. The summed E-state index contributed by atoms with van der Waals surface area (Å²) in [6.07, 6.45) is 9.52. The van der Waals surface area contributed by atoms with Crippen molar-refractivity contribution in [2.45, 2.75) is 12.8 Å². The average Bonchev–Trinajstić information content (AvgIpc) is 3.58. The first-order chi connectivity index (χ1) is 17.3. The largest absolute Gasteiger partial charge is 0.290 e. The molecule has 3 aromatic carbocycles. The van der Waals surface area contributed by atoms with Gasteiger partial charge in [-0.05, 0) is 87.0 Å². The lowest BCUT2D eigenvalue weighted by molar-refractivity contribution is 1.22. The van der Waals surface area contributed by atoms with Gasteiger partial charge < -0.3 is 0 Å². The molecule has 0 N–H and O–H groups in total. The lowest BCUT2D eigenvalue weighted by Gasteiger charge is -2.12. The topological polar surface area (TPSA) is 43.1 Å². The van der Waals surface area contributed by atoms with Crippen LogP contribution in [0, 0.1) is 0 Å². The van der Waals surface area contributed by atoms with E-state index in [0.29, 0.717) is 0 Å². The van der Waals surface area contributed by atoms with Crippen LogP contribution in [-0.2, 0) is 12.8 Å². The Morgan fingerprint density at radius 1 is 0.629 bits per heavy atom. The van der Waals surface area contributed by atoms with Crippen molar-refractivity contribution in [2.24, 2.45) is 0 Å². The summed E-state index contributed by atoms with van der Waals surface area (Å²) >= 11 is 0. The van der Waals surface area contributed by atoms with Crippen LogP contribution in [0.5, 0.6) is 0 Å². The molecule has 162 valence electrons. The minimum atomic E-state index is 0.907. The molecule has 0 fully saturated rings. The molecule has 4 heterocycles. The third kappa shape index (κ3) is 2.15. The number of aromatic nitrogens is 4. The van der Waals surface area contributed by atoms with E-state index in [2.05, 4.69) is 69.0 Å². The maximum atomic E-state index is 5.02. The van der Waals surface area contributed by atoms with E-state index in [1.54, 1.807) is 0 Å². The van der Waals surface area contributed by atoms with Gasteiger partial charge in [0.25, 0.3) is 0 Å². The molecule has 0 aliphatic heterocycles. The fraction of sp³-hybridized carbons (Fsp3) is 0.0645. The first-order valence-electron chi connectivity index (χ1n) is 12.0. The average molecular weight is 447 g/mol. The van der Waals surface area contributed by atoms with Gasteiger partial charge in [0.05, 0.1) is 23.4 Å². The molecule has 0 radical (unpaired) electrons. The second kappa shape index (κ2) is 6.10. The molecule has 0 amide bonds. The van der Waals surface area contributed by atoms with Gasteiger partial charge in [-0.3, -0.25) is 14.4 Å². The smallest absolute Gasteiger partial charge is 0.146 e. The second-order valence-electron chi connectivity index (χ2n) is 9.72. The molecule has 0 spiro atoms. The fourth-order valence-electron chi connectivity index (χ4n) is 6.53. The molecule has 4 aromatic heterocycles. The minimum Gasteiger partial charge on any atom is -0.290 e. The number of nitrogens with zero attached hydrogens (tertiary/aromatic N) is 4. The molecule has 0 saturated heterocycles. The van der Waals surface area contributed by atoms with Gasteiger partial charge in [0, 0.05) is 23.2 Å². The summed E-state index contributed by atoms with van der Waals surface area (Å²) in [5.41, 5.74) is 15.2. The number of fused-ring (bicyclic) bond motifs is 15. The van der Waals surface area contributed by atoms with Crippen molar-refractivity contribution in [3.63, 3.8) is 0 Å². The SMILES string of the molecule is c1ccc2c(c1)Cc1cc3c(cc1-2)-c1ccc2c(c1C3)c1ccncc1n1c3ccncc3nc21. The Morgan fingerprint density at radius 3 is 2.49 bits per heavy atom. The zero-order chi connectivity index (χ0) is 22.7. The van der Waals surface area contributed by atoms with Crippen molar-refractivity contribution in [2.75, 3.05) is 0 Å². The van der Waals surface area contributed by atoms with Crippen molar-refractivity contribution in [1.82, 2.24) is 19.4 Å². The Morgan fingerprint density at radius 2 is 1.49 bits per heavy atom. The monoisotopic (exact) mass is 446 g/mol. The standard InChI is InChI=1S/C31H18N4/c1-2-4-20-17(3-1)11-18-12-19-13-26-21(25(19)14-24(18)20)5-6-23-30(26)22-7-9-33-16-29(22)35-28-8-10-32-15-27(28)34-31(23)35/h1-10,12,14-16H,11,13H2. The highest BCUT2D eigenvalue weighted by Gasteiger charge is 2.27. The lowest BCUT2D eigenvalue weighted by atomic mass is 9.96. The molecule has 0 unspecified atom stereocenters. The normalized spacial score (nSPS) is 13.5. The number of rotatable bonds is 0. The van der Waals surface area contributed by atoms with Gasteiger partial charge in [-0.25, -0.2) is 4.98 Å². The van der Waals surface area contributed by atoms with Crippen molar-refractivity contribution in [3.05, 3.63) is 108 Å². The quantitative estimate of drug-likeness (QED) is 0.243. The van der Waals surface area contributed by atoms with Crippen LogP contribution in [0.3, 0.4) is 0 Å². The summed E-state index contributed by atoms with van der Waals surface area (Å²) in [5.74, 6) is 0. The molecule has 7 aromatic rings. The summed E-state index contributed by atoms with van der Waals surface area (Å²) in [6.45, 7) is 0. The molecule has 4 heteroatoms. The van der Waals surface area contributed by atoms with E-state index in [-0.39, 0.29) is 0 Å². The van der Waals surface area contributed by atoms with Crippen molar-refractivity contribution in [1.29, 1.82) is 0 Å². The minimum absolute atomic E-state index is 0.907. The third-order valence-electron chi connectivity index (χ3n) is 8.00. The predicted molar refractivity (Wildman–Crippen MR) is 140 cm³/mol. The molecule has 9 rings (SSSR count). The Balaban J connectivity index is 1.40. The first-order valence-corrected chi connectivity index (χ1v) is 12.0. The van der Waals surface area contributed by atoms with Gasteiger partial charge in [-0.1, -0.05) is 36.4 Å². The molecular formula is C31H18N4. The summed E-state index contributed by atoms with van der Waals surface area (Å²) in [4.78, 5) is 13.8. The molecule has 0 bridgehead atoms. The highest BCUT2D eigenvalue weighted by atomic mass is 15.0. The number of imidazole rings is 1. The zero-order valence-electron chi connectivity index (χ0n) is 18.8. The van der Waals surface area contributed by atoms with Crippen molar-refractivity contribution < 1.29 is 0 Å². The summed E-state index contributed by atoms with van der Waals surface area (Å²) in [7, 11) is 0. The number of hydrogen-bond acceptors (Lipinski definition) is 3. The number of benzene rings is 3. The van der Waals surface area contributed by atoms with Crippen molar-refractivity contribution in [3.8, 4) is 22.3 Å². The number of pyridine rings is 3. The van der Waals surface area contributed by atoms with E-state index in [1.807, 2.05) is 30.9 Å². The Kier molecular flexibility index (Phi) is 3.11. The fourth-order valence-corrected chi connectivity index (χ4v) is 6.53. The van der Waals surface area contributed by atoms with Gasteiger partial charge in [0.2, 0.25) is 0 Å². The first kappa shape index (κ1) is 17.8. The highest BCUT2D eigenvalue weighted by Crippen LogP contribution is 2.48. The maximum Gasteiger partial charge on any atom is 0.146 e. The van der Waals surface area contributed by atoms with Crippen LogP contribution in [0.25, 0.3) is 60.6 Å². The van der Waals surface area contributed by atoms with Crippen LogP contribution in [0.4, 0.5) is 0 Å². The van der Waals surface area contributed by atoms with Crippen LogP contribution in [0.2, 0.25) is 0 Å². The molecule has 35 heavy (non-hydrogen) atoms. The molecule has 0 atom stereocenters. The van der Waals surface area contributed by atoms with Crippen LogP contribution in [0.15, 0.2) is 85.5 Å². The summed E-state index contributed by atoms with van der Waals surface area (Å²) < 4.78 is 2.24. The molecule has 2 aliphatic rings.